The fraction of sp³-hybridized carbons (Fsp3) is 0.240. The van der Waals surface area contributed by atoms with Crippen molar-refractivity contribution in [2.24, 2.45) is 0 Å². The van der Waals surface area contributed by atoms with Crippen molar-refractivity contribution in [1.29, 1.82) is 0 Å². The van der Waals surface area contributed by atoms with Crippen LogP contribution < -0.4 is 10.6 Å². The van der Waals surface area contributed by atoms with Crippen molar-refractivity contribution >= 4 is 28.2 Å². The maximum Gasteiger partial charge on any atom is 0.237 e. The number of piperazine rings is 1. The molecular formula is C25H25N5O2. The van der Waals surface area contributed by atoms with E-state index in [-0.39, 0.29) is 18.2 Å². The second-order valence-corrected chi connectivity index (χ2v) is 8.07. The molecule has 2 aromatic carbocycles. The number of rotatable bonds is 6. The summed E-state index contributed by atoms with van der Waals surface area (Å²) < 4.78 is 1.94. The van der Waals surface area contributed by atoms with Gasteiger partial charge in [0.1, 0.15) is 5.65 Å². The molecule has 0 radical (unpaired) electrons. The number of imidazole rings is 1. The molecule has 2 amide bonds. The maximum atomic E-state index is 12.8. The number of pyridine rings is 1. The molecule has 1 aliphatic heterocycles. The van der Waals surface area contributed by atoms with Gasteiger partial charge in [-0.05, 0) is 28.5 Å². The number of carbonyl (C=O) groups is 2. The van der Waals surface area contributed by atoms with Crippen LogP contribution in [0.1, 0.15) is 17.7 Å². The first-order chi connectivity index (χ1) is 15.7. The zero-order chi connectivity index (χ0) is 21.9. The monoisotopic (exact) mass is 427 g/mol. The Bertz CT molecular complexity index is 1280. The highest BCUT2D eigenvalue weighted by molar-refractivity contribution is 5.89. The van der Waals surface area contributed by atoms with Gasteiger partial charge in [0.25, 0.3) is 0 Å². The number of nitrogens with zero attached hydrogens (tertiary/aromatic N) is 3. The minimum absolute atomic E-state index is 0.0959. The van der Waals surface area contributed by atoms with E-state index >= 15 is 0 Å². The summed E-state index contributed by atoms with van der Waals surface area (Å²) in [5.74, 6) is -0.248. The van der Waals surface area contributed by atoms with Gasteiger partial charge < -0.3 is 15.0 Å². The van der Waals surface area contributed by atoms with Crippen molar-refractivity contribution in [2.45, 2.75) is 25.6 Å². The molecule has 32 heavy (non-hydrogen) atoms. The number of hydrogen-bond donors (Lipinski definition) is 2. The van der Waals surface area contributed by atoms with Gasteiger partial charge in [0, 0.05) is 25.8 Å². The fourth-order valence-corrected chi connectivity index (χ4v) is 4.38. The molecular weight excluding hydrogens is 402 g/mol. The molecule has 0 unspecified atom stereocenters. The lowest BCUT2D eigenvalue weighted by molar-refractivity contribution is -0.134. The van der Waals surface area contributed by atoms with Gasteiger partial charge in [0.2, 0.25) is 11.8 Å². The highest BCUT2D eigenvalue weighted by atomic mass is 16.2. The molecule has 4 aromatic rings. The van der Waals surface area contributed by atoms with E-state index in [0.717, 1.165) is 16.9 Å². The van der Waals surface area contributed by atoms with Gasteiger partial charge in [0.05, 0.1) is 30.9 Å². The molecule has 1 saturated heterocycles. The first kappa shape index (κ1) is 20.2. The van der Waals surface area contributed by atoms with E-state index in [1.165, 1.54) is 10.8 Å². The predicted octanol–water partition coefficient (Wildman–Crippen LogP) is 2.49. The molecule has 3 heterocycles. The Morgan fingerprint density at radius 3 is 2.88 bits per heavy atom. The third-order valence-electron chi connectivity index (χ3n) is 6.03. The van der Waals surface area contributed by atoms with Crippen molar-refractivity contribution in [2.75, 3.05) is 13.1 Å². The van der Waals surface area contributed by atoms with Crippen LogP contribution in [0, 0.1) is 0 Å². The van der Waals surface area contributed by atoms with Crippen LogP contribution >= 0.6 is 0 Å². The first-order valence-corrected chi connectivity index (χ1v) is 10.8. The van der Waals surface area contributed by atoms with Crippen molar-refractivity contribution in [3.8, 4) is 0 Å². The van der Waals surface area contributed by atoms with Crippen LogP contribution in [-0.2, 0) is 22.7 Å². The minimum Gasteiger partial charge on any atom is -0.353 e. The van der Waals surface area contributed by atoms with E-state index in [4.69, 9.17) is 0 Å². The summed E-state index contributed by atoms with van der Waals surface area (Å²) in [4.78, 5) is 31.9. The van der Waals surface area contributed by atoms with Gasteiger partial charge in [-0.3, -0.25) is 14.5 Å². The van der Waals surface area contributed by atoms with E-state index in [2.05, 4.69) is 44.8 Å². The molecule has 0 saturated carbocycles. The molecule has 162 valence electrons. The number of aromatic nitrogens is 2. The molecule has 0 spiro atoms. The van der Waals surface area contributed by atoms with Gasteiger partial charge in [-0.1, -0.05) is 48.5 Å². The zero-order valence-corrected chi connectivity index (χ0v) is 17.7. The van der Waals surface area contributed by atoms with Gasteiger partial charge >= 0.3 is 0 Å². The van der Waals surface area contributed by atoms with Crippen molar-refractivity contribution < 1.29 is 9.59 Å². The fourth-order valence-electron chi connectivity index (χ4n) is 4.38. The molecule has 1 fully saturated rings. The first-order valence-electron chi connectivity index (χ1n) is 10.8. The molecule has 1 aliphatic rings. The quantitative estimate of drug-likeness (QED) is 0.496. The summed E-state index contributed by atoms with van der Waals surface area (Å²) in [7, 11) is 0. The topological polar surface area (TPSA) is 78.7 Å². The molecule has 5 rings (SSSR count). The predicted molar refractivity (Wildman–Crippen MR) is 123 cm³/mol. The van der Waals surface area contributed by atoms with Crippen LogP contribution in [0.4, 0.5) is 0 Å². The van der Waals surface area contributed by atoms with E-state index in [9.17, 15) is 9.59 Å². The van der Waals surface area contributed by atoms with Crippen LogP contribution in [0.2, 0.25) is 0 Å². The summed E-state index contributed by atoms with van der Waals surface area (Å²) in [6.07, 6.45) is 3.80. The SMILES string of the molecule is O=C(C[C@@H]1C(=O)NCCN1Cc1cccc2ccccc12)NCc1cnc2ccccn12. The Balaban J connectivity index is 1.28. The number of nitrogens with one attached hydrogen (secondary N) is 2. The second-order valence-electron chi connectivity index (χ2n) is 8.07. The van der Waals surface area contributed by atoms with E-state index in [0.29, 0.717) is 26.2 Å². The second kappa shape index (κ2) is 8.80. The van der Waals surface area contributed by atoms with Gasteiger partial charge in [0.15, 0.2) is 0 Å². The number of hydrogen-bond acceptors (Lipinski definition) is 4. The molecule has 2 aromatic heterocycles. The largest absolute Gasteiger partial charge is 0.353 e. The molecule has 0 bridgehead atoms. The molecule has 2 N–H and O–H groups in total. The van der Waals surface area contributed by atoms with E-state index in [1.54, 1.807) is 6.20 Å². The third kappa shape index (κ3) is 4.07. The number of amides is 2. The lowest BCUT2D eigenvalue weighted by Gasteiger charge is -2.35. The summed E-state index contributed by atoms with van der Waals surface area (Å²) in [5.41, 5.74) is 2.90. The minimum atomic E-state index is -0.495. The summed E-state index contributed by atoms with van der Waals surface area (Å²) in [6.45, 7) is 2.28. The Morgan fingerprint density at radius 1 is 1.09 bits per heavy atom. The van der Waals surface area contributed by atoms with Crippen LogP contribution in [0.15, 0.2) is 73.1 Å². The Hall–Kier alpha value is -3.71. The summed E-state index contributed by atoms with van der Waals surface area (Å²) in [5, 5.41) is 8.21. The molecule has 7 nitrogen and oxygen atoms in total. The molecule has 1 atom stereocenters. The highest BCUT2D eigenvalue weighted by Gasteiger charge is 2.31. The highest BCUT2D eigenvalue weighted by Crippen LogP contribution is 2.22. The standard InChI is InChI=1S/C25H25N5O2/c31-24(28-16-20-15-27-23-10-3-4-12-30(20)23)14-22-25(32)26-11-13-29(22)17-19-8-5-7-18-6-1-2-9-21(18)19/h1-10,12,15,22H,11,13-14,16-17H2,(H,26,32)(H,28,31)/t22-/m1/s1. The number of benzene rings is 2. The van der Waals surface area contributed by atoms with Gasteiger partial charge in [-0.15, -0.1) is 0 Å². The lowest BCUT2D eigenvalue weighted by atomic mass is 10.0. The number of fused-ring (bicyclic) bond motifs is 2. The summed E-state index contributed by atoms with van der Waals surface area (Å²) in [6, 6.07) is 19.8. The van der Waals surface area contributed by atoms with Crippen LogP contribution in [0.25, 0.3) is 16.4 Å². The normalized spacial score (nSPS) is 16.9. The zero-order valence-electron chi connectivity index (χ0n) is 17.7. The third-order valence-corrected chi connectivity index (χ3v) is 6.03. The average Bonchev–Trinajstić information content (AvgIpc) is 3.23. The number of carbonyl (C=O) groups excluding carboxylic acids is 2. The van der Waals surface area contributed by atoms with E-state index in [1.807, 2.05) is 47.0 Å². The van der Waals surface area contributed by atoms with Crippen molar-refractivity contribution in [3.05, 3.63) is 84.3 Å². The molecule has 0 aliphatic carbocycles. The van der Waals surface area contributed by atoms with Crippen molar-refractivity contribution in [3.63, 3.8) is 0 Å². The Morgan fingerprint density at radius 2 is 1.94 bits per heavy atom. The Kier molecular flexibility index (Phi) is 5.56. The van der Waals surface area contributed by atoms with Gasteiger partial charge in [-0.2, -0.15) is 0 Å². The van der Waals surface area contributed by atoms with Crippen LogP contribution in [-0.4, -0.2) is 45.2 Å². The van der Waals surface area contributed by atoms with E-state index < -0.39 is 6.04 Å². The van der Waals surface area contributed by atoms with Gasteiger partial charge in [-0.25, -0.2) is 4.98 Å². The molecule has 7 heteroatoms. The summed E-state index contributed by atoms with van der Waals surface area (Å²) >= 11 is 0. The smallest absolute Gasteiger partial charge is 0.237 e. The Labute approximate surface area is 186 Å². The maximum absolute atomic E-state index is 12.8. The average molecular weight is 428 g/mol. The lowest BCUT2D eigenvalue weighted by Crippen LogP contribution is -2.56. The van der Waals surface area contributed by atoms with Crippen LogP contribution in [0.3, 0.4) is 0 Å². The van der Waals surface area contributed by atoms with Crippen LogP contribution in [0.5, 0.6) is 0 Å². The van der Waals surface area contributed by atoms with Crippen molar-refractivity contribution in [1.82, 2.24) is 24.9 Å².